The summed E-state index contributed by atoms with van der Waals surface area (Å²) in [4.78, 5) is 12.4. The number of benzene rings is 2. The van der Waals surface area contributed by atoms with E-state index in [0.717, 1.165) is 17.9 Å². The zero-order valence-electron chi connectivity index (χ0n) is 15.1. The standard InChI is InChI=1S/C19H17Cl3N2O.HNO3/c20-15-4-1-14(2-5-15)3-7-17(12-24-10-9-23-13-24)25-19-8-6-16(21)11-18(19)22;2-1(3)4/h1-2,4-6,8-11,13,17H,3,7,12H2;(H,2,3,4). The normalized spacial score (nSPS) is 11.3. The fourth-order valence-corrected chi connectivity index (χ4v) is 3.13. The summed E-state index contributed by atoms with van der Waals surface area (Å²) in [5.74, 6) is 0.632. The van der Waals surface area contributed by atoms with Gasteiger partial charge in [-0.25, -0.2) is 4.98 Å². The van der Waals surface area contributed by atoms with Gasteiger partial charge in [0.2, 0.25) is 0 Å². The van der Waals surface area contributed by atoms with Gasteiger partial charge in [-0.3, -0.25) is 0 Å². The van der Waals surface area contributed by atoms with E-state index in [1.807, 2.05) is 35.0 Å². The van der Waals surface area contributed by atoms with Crippen LogP contribution in [-0.4, -0.2) is 25.9 Å². The molecule has 10 heteroatoms. The van der Waals surface area contributed by atoms with Crippen molar-refractivity contribution in [3.05, 3.63) is 91.9 Å². The summed E-state index contributed by atoms with van der Waals surface area (Å²) >= 11 is 18.2. The minimum absolute atomic E-state index is 0.0523. The van der Waals surface area contributed by atoms with E-state index in [-0.39, 0.29) is 6.10 Å². The van der Waals surface area contributed by atoms with Crippen LogP contribution >= 0.6 is 34.8 Å². The molecule has 1 atom stereocenters. The predicted molar refractivity (Wildman–Crippen MR) is 112 cm³/mol. The van der Waals surface area contributed by atoms with Gasteiger partial charge in [-0.1, -0.05) is 46.9 Å². The van der Waals surface area contributed by atoms with Crippen molar-refractivity contribution in [2.75, 3.05) is 0 Å². The first kappa shape index (κ1) is 22.8. The molecular weight excluding hydrogens is 441 g/mol. The van der Waals surface area contributed by atoms with Gasteiger partial charge in [-0.05, 0) is 48.7 Å². The van der Waals surface area contributed by atoms with E-state index in [4.69, 9.17) is 54.9 Å². The molecule has 1 aromatic heterocycles. The highest BCUT2D eigenvalue weighted by molar-refractivity contribution is 6.35. The Labute approximate surface area is 182 Å². The van der Waals surface area contributed by atoms with E-state index in [0.29, 0.717) is 22.3 Å². The Morgan fingerprint density at radius 1 is 1.14 bits per heavy atom. The van der Waals surface area contributed by atoms with Crippen molar-refractivity contribution in [3.8, 4) is 5.75 Å². The van der Waals surface area contributed by atoms with Crippen LogP contribution in [0.5, 0.6) is 5.75 Å². The molecular formula is C19H18Cl3N3O4. The third kappa shape index (κ3) is 8.60. The predicted octanol–water partition coefficient (Wildman–Crippen LogP) is 5.58. The smallest absolute Gasteiger partial charge is 0.291 e. The number of halogens is 3. The molecule has 0 spiro atoms. The van der Waals surface area contributed by atoms with Gasteiger partial charge in [-0.2, -0.15) is 0 Å². The number of ether oxygens (including phenoxy) is 1. The Bertz CT molecular complexity index is 902. The summed E-state index contributed by atoms with van der Waals surface area (Å²) in [5.41, 5.74) is 1.21. The molecule has 0 radical (unpaired) electrons. The molecule has 1 N–H and O–H groups in total. The summed E-state index contributed by atoms with van der Waals surface area (Å²) in [6.45, 7) is 0.687. The van der Waals surface area contributed by atoms with Crippen LogP contribution in [-0.2, 0) is 13.0 Å². The van der Waals surface area contributed by atoms with Crippen molar-refractivity contribution in [2.24, 2.45) is 0 Å². The average Bonchev–Trinajstić information content (AvgIpc) is 3.16. The van der Waals surface area contributed by atoms with Gasteiger partial charge >= 0.3 is 0 Å². The molecule has 154 valence electrons. The van der Waals surface area contributed by atoms with Gasteiger partial charge in [0.05, 0.1) is 17.9 Å². The van der Waals surface area contributed by atoms with E-state index < -0.39 is 5.09 Å². The largest absolute Gasteiger partial charge is 0.487 e. The maximum Gasteiger partial charge on any atom is 0.291 e. The van der Waals surface area contributed by atoms with Gasteiger partial charge in [-0.15, -0.1) is 10.1 Å². The Kier molecular flexibility index (Phi) is 9.05. The second kappa shape index (κ2) is 11.5. The molecule has 0 fully saturated rings. The number of aryl methyl sites for hydroxylation is 1. The Hall–Kier alpha value is -2.48. The van der Waals surface area contributed by atoms with E-state index in [1.165, 1.54) is 5.56 Å². The lowest BCUT2D eigenvalue weighted by molar-refractivity contribution is -0.742. The lowest BCUT2D eigenvalue weighted by Crippen LogP contribution is -2.23. The van der Waals surface area contributed by atoms with Gasteiger partial charge in [0.15, 0.2) is 0 Å². The third-order valence-corrected chi connectivity index (χ3v) is 4.61. The zero-order valence-corrected chi connectivity index (χ0v) is 17.4. The highest BCUT2D eigenvalue weighted by atomic mass is 35.5. The fourth-order valence-electron chi connectivity index (χ4n) is 2.55. The topological polar surface area (TPSA) is 90.4 Å². The molecule has 0 bridgehead atoms. The Morgan fingerprint density at radius 2 is 1.79 bits per heavy atom. The van der Waals surface area contributed by atoms with Crippen molar-refractivity contribution >= 4 is 34.8 Å². The van der Waals surface area contributed by atoms with Crippen molar-refractivity contribution in [1.29, 1.82) is 0 Å². The Balaban J connectivity index is 0.000000687. The highest BCUT2D eigenvalue weighted by Gasteiger charge is 2.14. The lowest BCUT2D eigenvalue weighted by atomic mass is 10.1. The molecule has 0 aliphatic rings. The van der Waals surface area contributed by atoms with Crippen LogP contribution in [0.3, 0.4) is 0 Å². The van der Waals surface area contributed by atoms with Gasteiger partial charge < -0.3 is 14.5 Å². The fraction of sp³-hybridized carbons (Fsp3) is 0.211. The second-order valence-corrected chi connectivity index (χ2v) is 7.26. The first-order valence-corrected chi connectivity index (χ1v) is 9.62. The number of imidazole rings is 1. The second-order valence-electron chi connectivity index (χ2n) is 5.98. The average molecular weight is 459 g/mol. The van der Waals surface area contributed by atoms with Gasteiger partial charge in [0.1, 0.15) is 11.9 Å². The van der Waals surface area contributed by atoms with E-state index in [1.54, 1.807) is 30.7 Å². The molecule has 29 heavy (non-hydrogen) atoms. The first-order chi connectivity index (χ1) is 13.8. The Morgan fingerprint density at radius 3 is 2.38 bits per heavy atom. The SMILES string of the molecule is Clc1ccc(CCC(Cn2ccnc2)Oc2ccc(Cl)cc2Cl)cc1.O=[N+]([O-])O. The van der Waals surface area contributed by atoms with Gasteiger partial charge in [0.25, 0.3) is 5.09 Å². The first-order valence-electron chi connectivity index (χ1n) is 8.48. The lowest BCUT2D eigenvalue weighted by Gasteiger charge is -2.20. The van der Waals surface area contributed by atoms with Crippen LogP contribution in [0, 0.1) is 10.1 Å². The number of hydrogen-bond donors (Lipinski definition) is 1. The summed E-state index contributed by atoms with van der Waals surface area (Å²) in [6.07, 6.45) is 7.11. The maximum atomic E-state index is 8.36. The molecule has 0 amide bonds. The zero-order chi connectivity index (χ0) is 21.2. The third-order valence-electron chi connectivity index (χ3n) is 3.83. The molecule has 0 aliphatic heterocycles. The summed E-state index contributed by atoms with van der Waals surface area (Å²) in [6, 6.07) is 13.1. The molecule has 3 rings (SSSR count). The maximum absolute atomic E-state index is 8.36. The minimum Gasteiger partial charge on any atom is -0.487 e. The highest BCUT2D eigenvalue weighted by Crippen LogP contribution is 2.29. The molecule has 7 nitrogen and oxygen atoms in total. The molecule has 2 aromatic carbocycles. The van der Waals surface area contributed by atoms with Crippen LogP contribution in [0.4, 0.5) is 0 Å². The molecule has 0 saturated carbocycles. The number of hydrogen-bond acceptors (Lipinski definition) is 4. The molecule has 1 unspecified atom stereocenters. The van der Waals surface area contributed by atoms with Crippen molar-refractivity contribution in [3.63, 3.8) is 0 Å². The molecule has 3 aromatic rings. The monoisotopic (exact) mass is 457 g/mol. The van der Waals surface area contributed by atoms with Crippen LogP contribution in [0.1, 0.15) is 12.0 Å². The molecule has 0 saturated heterocycles. The minimum atomic E-state index is -1.50. The van der Waals surface area contributed by atoms with Crippen LogP contribution in [0.25, 0.3) is 0 Å². The van der Waals surface area contributed by atoms with E-state index >= 15 is 0 Å². The number of nitrogens with zero attached hydrogens (tertiary/aromatic N) is 3. The van der Waals surface area contributed by atoms with Crippen LogP contribution < -0.4 is 4.74 Å². The van der Waals surface area contributed by atoms with Crippen molar-refractivity contribution in [1.82, 2.24) is 9.55 Å². The van der Waals surface area contributed by atoms with Crippen LogP contribution in [0.2, 0.25) is 15.1 Å². The van der Waals surface area contributed by atoms with Crippen molar-refractivity contribution in [2.45, 2.75) is 25.5 Å². The quantitative estimate of drug-likeness (QED) is 0.369. The van der Waals surface area contributed by atoms with E-state index in [9.17, 15) is 0 Å². The van der Waals surface area contributed by atoms with Crippen molar-refractivity contribution < 1.29 is 15.0 Å². The molecule has 0 aliphatic carbocycles. The summed E-state index contributed by atoms with van der Waals surface area (Å²) in [7, 11) is 0. The number of aromatic nitrogens is 2. The van der Waals surface area contributed by atoms with E-state index in [2.05, 4.69) is 4.98 Å². The molecule has 1 heterocycles. The number of rotatable bonds is 7. The van der Waals surface area contributed by atoms with Gasteiger partial charge in [0, 0.05) is 22.4 Å². The summed E-state index contributed by atoms with van der Waals surface area (Å²) < 4.78 is 8.15. The van der Waals surface area contributed by atoms with Crippen LogP contribution in [0.15, 0.2) is 61.2 Å². The summed E-state index contributed by atoms with van der Waals surface area (Å²) in [5, 5.41) is 15.5.